The van der Waals surface area contributed by atoms with Gasteiger partial charge in [0.2, 0.25) is 0 Å². The van der Waals surface area contributed by atoms with E-state index >= 15 is 4.39 Å². The van der Waals surface area contributed by atoms with Crippen molar-refractivity contribution in [2.45, 2.75) is 252 Å². The Balaban J connectivity index is 0.000000158. The van der Waals surface area contributed by atoms with Gasteiger partial charge in [-0.25, -0.2) is 28.3 Å². The zero-order chi connectivity index (χ0) is 77.5. The number of amides is 2. The van der Waals surface area contributed by atoms with Crippen molar-refractivity contribution in [3.8, 4) is 22.9 Å². The fourth-order valence-corrected chi connectivity index (χ4v) is 14.7. The van der Waals surface area contributed by atoms with E-state index in [4.69, 9.17) is 59.8 Å². The van der Waals surface area contributed by atoms with Crippen molar-refractivity contribution in [1.29, 1.82) is 0 Å². The largest absolute Gasteiger partial charge is 0.444 e. The van der Waals surface area contributed by atoms with Crippen LogP contribution in [0.25, 0.3) is 44.7 Å². The number of nitrogens with zero attached hydrogens (tertiary/aromatic N) is 9. The Morgan fingerprint density at radius 1 is 0.546 bits per heavy atom. The topological polar surface area (TPSA) is 294 Å². The van der Waals surface area contributed by atoms with E-state index < -0.39 is 11.2 Å². The SMILES string of the molecule is C1COC[C@H](NC2CCNCC2)C1.CC(C)(C)OC(=O)N1CCC(=O)CC1.CC(C)(C)OC(=O)N1CCC(N[C@@H]2CCCOC2)CC1.CCc1cc(F)c2nc(Cl)c(-c3nc(C)no3)c(C)c2c1.CCc1cc(F)c2nc(N3CCC(N[C@@H]4CCCOC4)CC3)c(-c3nc(C)no3)c(C)c2c1.N[C@@H]1CCCOC1. The molecule has 6 aromatic rings. The molecule has 28 heteroatoms. The standard InChI is InChI=1S/C25H32FN5O2.C15H13ClFN3O.C15H28N2O3.C10H20N2O.C10H17NO3.C5H11NO/c1-4-17-12-20-15(2)22(25-27-16(3)30-33-25)24(29-23(20)21(26)13-17)31-9-7-18(8-10-31)28-19-6-5-11-32-14-19;1-4-9-5-10-7(2)12(15-18-8(3)20-21-15)14(16)19-13(10)11(17)6-9;1-15(2,3)20-14(18)17-8-6-12(7-9-17)16-13-5-4-10-19-11-13;1-2-10(8-13-7-1)12-9-3-5-11-6-4-9;1-10(2,3)14-9(13)11-6-4-8(12)5-7-11;6-5-2-1-3-7-4-5/h12-13,18-19,28H,4-11,14H2,1-3H3;5-6H,4H2,1-3H3;12-13,16H,4-11H2,1-3H3;9-12H,1-8H2;4-7H2,1-3H3;5H,1-4,6H2/t19-;;13-;10-;;5-/m1.11.1/s1. The van der Waals surface area contributed by atoms with Crippen LogP contribution in [0, 0.1) is 39.3 Å². The number of ketones is 1. The molecule has 598 valence electrons. The van der Waals surface area contributed by atoms with Crippen LogP contribution in [-0.4, -0.2) is 217 Å². The molecule has 0 aliphatic carbocycles. The van der Waals surface area contributed by atoms with Crippen molar-refractivity contribution in [3.05, 3.63) is 75.0 Å². The van der Waals surface area contributed by atoms with Gasteiger partial charge in [-0.05, 0) is 232 Å². The molecule has 6 N–H and O–H groups in total. The quantitative estimate of drug-likeness (QED) is 0.0753. The Labute approximate surface area is 642 Å². The number of Topliss-reactive ketones (excluding diaryl/α,β-unsaturated/α-hetero) is 1. The van der Waals surface area contributed by atoms with Gasteiger partial charge in [0.25, 0.3) is 11.8 Å². The predicted molar refractivity (Wildman–Crippen MR) is 416 cm³/mol. The number of fused-ring (bicyclic) bond motifs is 2. The van der Waals surface area contributed by atoms with Gasteiger partial charge in [-0.3, -0.25) is 4.79 Å². The summed E-state index contributed by atoms with van der Waals surface area (Å²) in [5, 5.41) is 23.9. The summed E-state index contributed by atoms with van der Waals surface area (Å²) in [6.45, 7) is 36.1. The van der Waals surface area contributed by atoms with Gasteiger partial charge in [0.05, 0.1) is 37.6 Å². The lowest BCUT2D eigenvalue weighted by Crippen LogP contribution is -2.50. The summed E-state index contributed by atoms with van der Waals surface area (Å²) in [5.74, 6) is 2.12. The highest BCUT2D eigenvalue weighted by Gasteiger charge is 2.33. The van der Waals surface area contributed by atoms with E-state index in [2.05, 4.69) is 51.4 Å². The molecule has 25 nitrogen and oxygen atoms in total. The molecule has 0 spiro atoms. The number of anilines is 1. The number of benzene rings is 2. The van der Waals surface area contributed by atoms with E-state index in [9.17, 15) is 18.8 Å². The minimum atomic E-state index is -0.460. The third kappa shape index (κ3) is 26.2. The second-order valence-corrected chi connectivity index (χ2v) is 31.9. The number of rotatable bonds is 11. The lowest BCUT2D eigenvalue weighted by molar-refractivity contribution is -0.121. The van der Waals surface area contributed by atoms with Crippen LogP contribution in [0.15, 0.2) is 33.3 Å². The van der Waals surface area contributed by atoms with Crippen LogP contribution in [-0.2, 0) is 46.1 Å². The zero-order valence-electron chi connectivity index (χ0n) is 66.1. The summed E-state index contributed by atoms with van der Waals surface area (Å²) in [6, 6.07) is 10.6. The first kappa shape index (κ1) is 85.3. The normalized spacial score (nSPS) is 21.4. The van der Waals surface area contributed by atoms with Crippen molar-refractivity contribution in [2.75, 3.05) is 110 Å². The van der Waals surface area contributed by atoms with Gasteiger partial charge in [-0.15, -0.1) is 0 Å². The second-order valence-electron chi connectivity index (χ2n) is 31.5. The van der Waals surface area contributed by atoms with E-state index in [1.807, 2.05) is 86.3 Å². The second kappa shape index (κ2) is 41.6. The Morgan fingerprint density at radius 3 is 1.34 bits per heavy atom. The predicted octanol–water partition coefficient (Wildman–Crippen LogP) is 13.0. The molecular weight excluding hydrogens is 1410 g/mol. The molecule has 0 saturated carbocycles. The molecule has 2 amide bonds. The van der Waals surface area contributed by atoms with E-state index in [1.165, 1.54) is 57.7 Å². The van der Waals surface area contributed by atoms with E-state index in [0.717, 1.165) is 188 Å². The van der Waals surface area contributed by atoms with E-state index in [1.54, 1.807) is 24.8 Å². The highest BCUT2D eigenvalue weighted by Crippen LogP contribution is 2.39. The van der Waals surface area contributed by atoms with Gasteiger partial charge in [-0.1, -0.05) is 35.8 Å². The van der Waals surface area contributed by atoms with E-state index in [-0.39, 0.29) is 40.3 Å². The molecule has 8 saturated heterocycles. The van der Waals surface area contributed by atoms with Gasteiger partial charge >= 0.3 is 12.2 Å². The number of hydrogen-bond donors (Lipinski definition) is 5. The van der Waals surface area contributed by atoms with Crippen molar-refractivity contribution in [3.63, 3.8) is 0 Å². The third-order valence-corrected chi connectivity index (χ3v) is 20.6. The van der Waals surface area contributed by atoms with Crippen LogP contribution < -0.4 is 31.9 Å². The molecule has 0 bridgehead atoms. The number of halogens is 3. The molecule has 8 fully saturated rings. The average molecular weight is 1530 g/mol. The maximum Gasteiger partial charge on any atom is 0.410 e. The van der Waals surface area contributed by atoms with E-state index in [0.29, 0.717) is 102 Å². The number of piperidine rings is 4. The first-order valence-electron chi connectivity index (χ1n) is 39.5. The Bertz CT molecular complexity index is 3780. The summed E-state index contributed by atoms with van der Waals surface area (Å²) in [7, 11) is 0. The fraction of sp³-hybridized carbons (Fsp3) is 0.688. The molecule has 2 aromatic carbocycles. The molecule has 8 aliphatic heterocycles. The summed E-state index contributed by atoms with van der Waals surface area (Å²) < 4.78 is 72.2. The third-order valence-electron chi connectivity index (χ3n) is 20.3. The molecule has 108 heavy (non-hydrogen) atoms. The van der Waals surface area contributed by atoms with Crippen molar-refractivity contribution in [1.82, 2.24) is 61.3 Å². The summed E-state index contributed by atoms with van der Waals surface area (Å²) >= 11 is 6.19. The molecule has 14 rings (SSSR count). The molecule has 8 aliphatic rings. The molecular formula is C80H121ClF2N14O11. The minimum Gasteiger partial charge on any atom is -0.444 e. The van der Waals surface area contributed by atoms with Crippen LogP contribution in [0.4, 0.5) is 24.2 Å². The first-order chi connectivity index (χ1) is 51.7. The first-order valence-corrected chi connectivity index (χ1v) is 39.9. The number of likely N-dealkylation sites (tertiary alicyclic amines) is 2. The number of aryl methyl sites for hydroxylation is 6. The lowest BCUT2D eigenvalue weighted by atomic mass is 9.98. The van der Waals surface area contributed by atoms with Gasteiger partial charge in [-0.2, -0.15) is 9.97 Å². The fourth-order valence-electron chi connectivity index (χ4n) is 14.4. The average Bonchev–Trinajstić information content (AvgIpc) is 1.13. The Morgan fingerprint density at radius 2 is 0.954 bits per heavy atom. The number of nitrogens with two attached hydrogens (primary N) is 1. The number of carbonyl (C=O) groups is 3. The number of aromatic nitrogens is 6. The highest BCUT2D eigenvalue weighted by atomic mass is 35.5. The number of nitrogens with one attached hydrogen (secondary N) is 4. The van der Waals surface area contributed by atoms with Crippen LogP contribution in [0.1, 0.15) is 192 Å². The summed E-state index contributed by atoms with van der Waals surface area (Å²) in [6.07, 6.45) is 17.9. The van der Waals surface area contributed by atoms with Gasteiger partial charge < -0.3 is 79.2 Å². The molecule has 4 atom stereocenters. The van der Waals surface area contributed by atoms with Gasteiger partial charge in [0, 0.05) is 132 Å². The monoisotopic (exact) mass is 1530 g/mol. The van der Waals surface area contributed by atoms with Crippen molar-refractivity contribution in [2.24, 2.45) is 5.73 Å². The number of pyridine rings is 2. The Hall–Kier alpha value is -6.66. The molecule has 0 unspecified atom stereocenters. The number of hydrogen-bond acceptors (Lipinski definition) is 23. The van der Waals surface area contributed by atoms with Crippen LogP contribution in [0.2, 0.25) is 5.15 Å². The van der Waals surface area contributed by atoms with Crippen LogP contribution >= 0.6 is 11.6 Å². The van der Waals surface area contributed by atoms with Gasteiger partial charge in [0.15, 0.2) is 11.6 Å². The van der Waals surface area contributed by atoms with Crippen molar-refractivity contribution < 1.29 is 60.6 Å². The lowest BCUT2D eigenvalue weighted by Gasteiger charge is -2.36. The minimum absolute atomic E-state index is 0.159. The number of ether oxygens (including phenoxy) is 6. The van der Waals surface area contributed by atoms with Crippen LogP contribution in [0.3, 0.4) is 0 Å². The van der Waals surface area contributed by atoms with Crippen molar-refractivity contribution >= 4 is 57.2 Å². The Kier molecular flexibility index (Phi) is 32.8. The zero-order valence-corrected chi connectivity index (χ0v) is 66.9. The van der Waals surface area contributed by atoms with Crippen LogP contribution in [0.5, 0.6) is 0 Å². The summed E-state index contributed by atoms with van der Waals surface area (Å²) in [4.78, 5) is 57.8. The van der Waals surface area contributed by atoms with Gasteiger partial charge in [0.1, 0.15) is 50.6 Å². The number of carbonyl (C=O) groups excluding carboxylic acids is 3. The molecule has 4 aromatic heterocycles. The molecule has 0 radical (unpaired) electrons. The maximum atomic E-state index is 15.1. The highest BCUT2D eigenvalue weighted by molar-refractivity contribution is 6.32. The smallest absolute Gasteiger partial charge is 0.410 e. The molecule has 12 heterocycles. The summed E-state index contributed by atoms with van der Waals surface area (Å²) in [5.41, 5.74) is 10.2. The maximum absolute atomic E-state index is 15.1.